The average molecular weight is 542 g/mol. The lowest BCUT2D eigenvalue weighted by Gasteiger charge is -2.31. The number of nitrogens with two attached hydrogens (primary N) is 1. The van der Waals surface area contributed by atoms with E-state index in [4.69, 9.17) is 5.73 Å². The third-order valence-corrected chi connectivity index (χ3v) is 9.25. The molecule has 0 bridgehead atoms. The number of aromatic nitrogens is 1. The SMILES string of the molecule is NCc1ncc([C@]23CC[C@@H](N(CCCN4CC[C@@H](O)C4)C(=O)Nc4ccc(F)c(C(F)(F)F)c4)[C@H]2C3)s1. The number of halogens is 4. The van der Waals surface area contributed by atoms with Crippen molar-refractivity contribution in [1.29, 1.82) is 0 Å². The molecule has 0 unspecified atom stereocenters. The number of β-amino-alcohol motifs (C(OH)–C–C–N with tert-alkyl or cyclic N) is 1. The van der Waals surface area contributed by atoms with Crippen molar-refractivity contribution in [1.82, 2.24) is 14.8 Å². The number of anilines is 1. The Kier molecular flexibility index (Phi) is 7.20. The first-order valence-electron chi connectivity index (χ1n) is 12.6. The first kappa shape index (κ1) is 26.3. The smallest absolute Gasteiger partial charge is 0.392 e. The van der Waals surface area contributed by atoms with E-state index in [1.165, 1.54) is 4.88 Å². The van der Waals surface area contributed by atoms with Crippen LogP contribution < -0.4 is 11.1 Å². The molecule has 3 aliphatic rings. The number of nitrogens with zero attached hydrogens (tertiary/aromatic N) is 3. The minimum absolute atomic E-state index is 0.0212. The van der Waals surface area contributed by atoms with Gasteiger partial charge in [-0.25, -0.2) is 14.2 Å². The lowest BCUT2D eigenvalue weighted by atomic mass is 10.0. The van der Waals surface area contributed by atoms with E-state index in [1.54, 1.807) is 16.2 Å². The van der Waals surface area contributed by atoms with Crippen LogP contribution in [0.4, 0.5) is 28.0 Å². The number of nitrogens with one attached hydrogen (secondary N) is 1. The summed E-state index contributed by atoms with van der Waals surface area (Å²) in [5, 5.41) is 13.3. The summed E-state index contributed by atoms with van der Waals surface area (Å²) in [5.74, 6) is -1.13. The number of urea groups is 1. The molecule has 12 heteroatoms. The van der Waals surface area contributed by atoms with Gasteiger partial charge in [-0.1, -0.05) is 0 Å². The number of hydrogen-bond acceptors (Lipinski definition) is 6. The molecule has 5 rings (SSSR count). The fourth-order valence-electron chi connectivity index (χ4n) is 6.06. The van der Waals surface area contributed by atoms with Crippen molar-refractivity contribution in [3.05, 3.63) is 45.7 Å². The van der Waals surface area contributed by atoms with Gasteiger partial charge in [-0.05, 0) is 62.8 Å². The van der Waals surface area contributed by atoms with Crippen molar-refractivity contribution in [2.75, 3.05) is 31.5 Å². The lowest BCUT2D eigenvalue weighted by Crippen LogP contribution is -2.44. The molecule has 2 saturated carbocycles. The normalized spacial score (nSPS) is 27.4. The Morgan fingerprint density at radius 3 is 2.81 bits per heavy atom. The molecule has 4 N–H and O–H groups in total. The van der Waals surface area contributed by atoms with Crippen molar-refractivity contribution < 1.29 is 27.5 Å². The monoisotopic (exact) mass is 541 g/mol. The molecule has 0 spiro atoms. The lowest BCUT2D eigenvalue weighted by molar-refractivity contribution is -0.139. The van der Waals surface area contributed by atoms with E-state index in [-0.39, 0.29) is 29.2 Å². The van der Waals surface area contributed by atoms with Gasteiger partial charge in [0.15, 0.2) is 0 Å². The van der Waals surface area contributed by atoms with E-state index in [9.17, 15) is 27.5 Å². The van der Waals surface area contributed by atoms with Gasteiger partial charge in [-0.15, -0.1) is 11.3 Å². The molecule has 1 aromatic heterocycles. The van der Waals surface area contributed by atoms with Crippen LogP contribution in [0.1, 0.15) is 47.6 Å². The zero-order valence-corrected chi connectivity index (χ0v) is 21.1. The van der Waals surface area contributed by atoms with Gasteiger partial charge in [-0.3, -0.25) is 0 Å². The summed E-state index contributed by atoms with van der Waals surface area (Å²) >= 11 is 1.61. The maximum atomic E-state index is 13.8. The summed E-state index contributed by atoms with van der Waals surface area (Å²) in [4.78, 5) is 22.9. The summed E-state index contributed by atoms with van der Waals surface area (Å²) in [7, 11) is 0. The van der Waals surface area contributed by atoms with E-state index in [1.807, 2.05) is 6.20 Å². The Morgan fingerprint density at radius 2 is 2.16 bits per heavy atom. The van der Waals surface area contributed by atoms with Crippen LogP contribution in [0.5, 0.6) is 0 Å². The van der Waals surface area contributed by atoms with Gasteiger partial charge in [0.25, 0.3) is 0 Å². The third kappa shape index (κ3) is 5.34. The van der Waals surface area contributed by atoms with Crippen molar-refractivity contribution >= 4 is 23.1 Å². The second kappa shape index (κ2) is 10.1. The molecular formula is C25H31F4N5O2S. The summed E-state index contributed by atoms with van der Waals surface area (Å²) in [6.07, 6.45) is 0.714. The molecule has 4 atom stereocenters. The zero-order chi connectivity index (χ0) is 26.4. The fraction of sp³-hybridized carbons (Fsp3) is 0.600. The number of aliphatic hydroxyl groups excluding tert-OH is 1. The average Bonchev–Trinajstić information content (AvgIpc) is 3.18. The highest BCUT2D eigenvalue weighted by molar-refractivity contribution is 7.11. The Hall–Kier alpha value is -2.28. The summed E-state index contributed by atoms with van der Waals surface area (Å²) in [6, 6.07) is 1.96. The summed E-state index contributed by atoms with van der Waals surface area (Å²) in [6.45, 7) is 2.93. The highest BCUT2D eigenvalue weighted by Crippen LogP contribution is 2.66. The molecule has 1 aliphatic heterocycles. The Bertz CT molecular complexity index is 1140. The van der Waals surface area contributed by atoms with Crippen molar-refractivity contribution in [2.24, 2.45) is 11.7 Å². The van der Waals surface area contributed by atoms with Gasteiger partial charge in [0.05, 0.1) is 11.7 Å². The number of benzene rings is 1. The zero-order valence-electron chi connectivity index (χ0n) is 20.3. The number of amides is 2. The van der Waals surface area contributed by atoms with Gasteiger partial charge in [-0.2, -0.15) is 13.2 Å². The van der Waals surface area contributed by atoms with Gasteiger partial charge in [0.1, 0.15) is 10.8 Å². The first-order chi connectivity index (χ1) is 17.6. The molecule has 2 heterocycles. The molecular weight excluding hydrogens is 510 g/mol. The van der Waals surface area contributed by atoms with Crippen molar-refractivity contribution in [2.45, 2.75) is 62.4 Å². The maximum Gasteiger partial charge on any atom is 0.419 e. The molecule has 0 radical (unpaired) electrons. The quantitative estimate of drug-likeness (QED) is 0.436. The highest BCUT2D eigenvalue weighted by Gasteiger charge is 2.64. The van der Waals surface area contributed by atoms with E-state index in [0.29, 0.717) is 38.7 Å². The topological polar surface area (TPSA) is 94.7 Å². The Balaban J connectivity index is 1.32. The van der Waals surface area contributed by atoms with Crippen LogP contribution in [0.25, 0.3) is 0 Å². The standard InChI is InChI=1S/C25H31F4N5O2S/c26-19-3-2-15(10-17(19)25(27,28)29)32-23(36)34(8-1-7-33-9-5-16(35)14-33)20-4-6-24(11-18(20)24)21-13-31-22(12-30)37-21/h2-3,10,13,16,18,20,35H,1,4-9,11-12,14,30H2,(H,32,36)/t16-,18-,20-,24+/m1/s1. The van der Waals surface area contributed by atoms with Crippen LogP contribution in [-0.4, -0.2) is 64.2 Å². The van der Waals surface area contributed by atoms with Gasteiger partial charge >= 0.3 is 12.2 Å². The summed E-state index contributed by atoms with van der Waals surface area (Å²) in [5.41, 5.74) is 4.22. The molecule has 202 valence electrons. The molecule has 7 nitrogen and oxygen atoms in total. The van der Waals surface area contributed by atoms with Crippen LogP contribution >= 0.6 is 11.3 Å². The van der Waals surface area contributed by atoms with Crippen molar-refractivity contribution in [3.63, 3.8) is 0 Å². The fourth-order valence-corrected chi connectivity index (χ4v) is 7.15. The number of alkyl halides is 3. The minimum Gasteiger partial charge on any atom is -0.392 e. The molecule has 37 heavy (non-hydrogen) atoms. The number of likely N-dealkylation sites (tertiary alicyclic amines) is 1. The highest BCUT2D eigenvalue weighted by atomic mass is 32.1. The number of fused-ring (bicyclic) bond motifs is 1. The van der Waals surface area contributed by atoms with E-state index >= 15 is 0 Å². The molecule has 1 saturated heterocycles. The molecule has 2 aliphatic carbocycles. The molecule has 2 aromatic rings. The Labute approximate surface area is 216 Å². The number of rotatable bonds is 8. The van der Waals surface area contributed by atoms with Crippen LogP contribution in [0.3, 0.4) is 0 Å². The first-order valence-corrected chi connectivity index (χ1v) is 13.4. The second-order valence-corrected chi connectivity index (χ2v) is 11.4. The summed E-state index contributed by atoms with van der Waals surface area (Å²) < 4.78 is 53.4. The van der Waals surface area contributed by atoms with E-state index in [2.05, 4.69) is 15.2 Å². The maximum absolute atomic E-state index is 13.8. The third-order valence-electron chi connectivity index (χ3n) is 8.01. The van der Waals surface area contributed by atoms with Crippen LogP contribution in [0.15, 0.2) is 24.4 Å². The number of carbonyl (C=O) groups is 1. The largest absolute Gasteiger partial charge is 0.419 e. The van der Waals surface area contributed by atoms with Crippen LogP contribution in [0.2, 0.25) is 0 Å². The number of hydrogen-bond donors (Lipinski definition) is 3. The second-order valence-electron chi connectivity index (χ2n) is 10.3. The van der Waals surface area contributed by atoms with Gasteiger partial charge < -0.3 is 26.0 Å². The Morgan fingerprint density at radius 1 is 1.35 bits per heavy atom. The van der Waals surface area contributed by atoms with Crippen molar-refractivity contribution in [3.8, 4) is 0 Å². The minimum atomic E-state index is -4.86. The predicted octanol–water partition coefficient (Wildman–Crippen LogP) is 4.17. The molecule has 2 amide bonds. The van der Waals surface area contributed by atoms with E-state index < -0.39 is 23.6 Å². The predicted molar refractivity (Wildman–Crippen MR) is 132 cm³/mol. The van der Waals surface area contributed by atoms with Crippen LogP contribution in [0, 0.1) is 11.7 Å². The molecule has 3 fully saturated rings. The van der Waals surface area contributed by atoms with E-state index in [0.717, 1.165) is 49.4 Å². The number of carbonyl (C=O) groups excluding carboxylic acids is 1. The number of aliphatic hydroxyl groups is 1. The molecule has 1 aromatic carbocycles. The number of thiazole rings is 1. The van der Waals surface area contributed by atoms with Gasteiger partial charge in [0.2, 0.25) is 0 Å². The van der Waals surface area contributed by atoms with Crippen LogP contribution in [-0.2, 0) is 18.1 Å². The van der Waals surface area contributed by atoms with Gasteiger partial charge in [0, 0.05) is 54.4 Å².